The lowest BCUT2D eigenvalue weighted by atomic mass is 10.1. The molecule has 0 fully saturated rings. The van der Waals surface area contributed by atoms with E-state index in [9.17, 15) is 0 Å². The van der Waals surface area contributed by atoms with Crippen LogP contribution >= 0.6 is 11.3 Å². The summed E-state index contributed by atoms with van der Waals surface area (Å²) in [6.07, 6.45) is 1.26. The van der Waals surface area contributed by atoms with Gasteiger partial charge in [0.05, 0.1) is 30.3 Å². The monoisotopic (exact) mass is 286 g/mol. The number of hydrogen-bond donors (Lipinski definition) is 0. The molecule has 20 heavy (non-hydrogen) atoms. The van der Waals surface area contributed by atoms with Gasteiger partial charge in [-0.2, -0.15) is 5.26 Å². The van der Waals surface area contributed by atoms with Crippen LogP contribution in [0.4, 0.5) is 0 Å². The molecule has 0 atom stereocenters. The Balaban J connectivity index is 2.20. The molecule has 2 aromatic rings. The van der Waals surface area contributed by atoms with Crippen molar-refractivity contribution in [2.75, 3.05) is 7.11 Å². The van der Waals surface area contributed by atoms with Crippen LogP contribution in [0.2, 0.25) is 0 Å². The third-order valence-electron chi connectivity index (χ3n) is 3.07. The highest BCUT2D eigenvalue weighted by Crippen LogP contribution is 2.27. The van der Waals surface area contributed by atoms with Gasteiger partial charge < -0.3 is 4.74 Å². The van der Waals surface area contributed by atoms with E-state index in [4.69, 9.17) is 15.0 Å². The van der Waals surface area contributed by atoms with Crippen LogP contribution in [-0.4, -0.2) is 12.1 Å². The molecule has 0 N–H and O–H groups in total. The van der Waals surface area contributed by atoms with Crippen molar-refractivity contribution in [1.82, 2.24) is 4.98 Å². The number of hydrogen-bond acceptors (Lipinski definition) is 4. The second-order valence-corrected chi connectivity index (χ2v) is 6.10. The van der Waals surface area contributed by atoms with Crippen molar-refractivity contribution in [3.8, 4) is 11.8 Å². The fraction of sp³-hybridized carbons (Fsp3) is 0.375. The molecule has 0 radical (unpaired) electrons. The quantitative estimate of drug-likeness (QED) is 0.836. The second kappa shape index (κ2) is 6.53. The lowest BCUT2D eigenvalue weighted by Crippen LogP contribution is -1.94. The van der Waals surface area contributed by atoms with E-state index in [0.717, 1.165) is 27.7 Å². The molecular weight excluding hydrogens is 268 g/mol. The highest BCUT2D eigenvalue weighted by molar-refractivity contribution is 7.11. The van der Waals surface area contributed by atoms with Crippen LogP contribution in [0.3, 0.4) is 0 Å². The first kappa shape index (κ1) is 14.5. The predicted molar refractivity (Wildman–Crippen MR) is 81.3 cm³/mol. The lowest BCUT2D eigenvalue weighted by Gasteiger charge is -2.02. The average Bonchev–Trinajstić information content (AvgIpc) is 2.83. The first-order valence-corrected chi connectivity index (χ1v) is 7.44. The zero-order valence-corrected chi connectivity index (χ0v) is 12.8. The maximum atomic E-state index is 8.90. The van der Waals surface area contributed by atoms with Crippen molar-refractivity contribution in [1.29, 1.82) is 5.26 Å². The largest absolute Gasteiger partial charge is 0.497 e. The summed E-state index contributed by atoms with van der Waals surface area (Å²) in [6, 6.07) is 10.3. The lowest BCUT2D eigenvalue weighted by molar-refractivity contribution is 0.414. The maximum Gasteiger partial charge on any atom is 0.118 e. The van der Waals surface area contributed by atoms with Crippen LogP contribution < -0.4 is 4.74 Å². The van der Waals surface area contributed by atoms with Crippen LogP contribution in [0.1, 0.15) is 40.9 Å². The van der Waals surface area contributed by atoms with Crippen LogP contribution in [-0.2, 0) is 12.8 Å². The third-order valence-corrected chi connectivity index (χ3v) is 4.14. The zero-order chi connectivity index (χ0) is 14.5. The van der Waals surface area contributed by atoms with Crippen LogP contribution in [0.15, 0.2) is 24.3 Å². The Kier molecular flexibility index (Phi) is 4.75. The van der Waals surface area contributed by atoms with E-state index in [-0.39, 0.29) is 0 Å². The summed E-state index contributed by atoms with van der Waals surface area (Å²) < 4.78 is 5.16. The number of aromatic nitrogens is 1. The smallest absolute Gasteiger partial charge is 0.118 e. The second-order valence-electron chi connectivity index (χ2n) is 4.93. The van der Waals surface area contributed by atoms with E-state index in [1.54, 1.807) is 18.4 Å². The number of thiazole rings is 1. The standard InChI is InChI=1S/C16H18N2OS/c1-11(2)16-14(8-9-17)20-15(18-16)10-12-4-6-13(19-3)7-5-12/h4-7,11H,8,10H2,1-3H3. The van der Waals surface area contributed by atoms with E-state index >= 15 is 0 Å². The summed E-state index contributed by atoms with van der Waals surface area (Å²) in [5.41, 5.74) is 2.28. The Morgan fingerprint density at radius 1 is 1.30 bits per heavy atom. The van der Waals surface area contributed by atoms with Crippen molar-refractivity contribution in [3.63, 3.8) is 0 Å². The minimum absolute atomic E-state index is 0.360. The molecule has 0 saturated heterocycles. The molecular formula is C16H18N2OS. The van der Waals surface area contributed by atoms with Crippen molar-refractivity contribution >= 4 is 11.3 Å². The number of methoxy groups -OCH3 is 1. The van der Waals surface area contributed by atoms with Crippen molar-refractivity contribution in [2.45, 2.75) is 32.6 Å². The van der Waals surface area contributed by atoms with Crippen molar-refractivity contribution in [2.24, 2.45) is 0 Å². The molecule has 0 bridgehead atoms. The van der Waals surface area contributed by atoms with Gasteiger partial charge in [-0.1, -0.05) is 26.0 Å². The highest BCUT2D eigenvalue weighted by Gasteiger charge is 2.14. The zero-order valence-electron chi connectivity index (χ0n) is 12.0. The van der Waals surface area contributed by atoms with E-state index < -0.39 is 0 Å². The van der Waals surface area contributed by atoms with Crippen LogP contribution in [0.25, 0.3) is 0 Å². The van der Waals surface area contributed by atoms with Gasteiger partial charge in [0.2, 0.25) is 0 Å². The molecule has 0 aliphatic carbocycles. The summed E-state index contributed by atoms with van der Waals surface area (Å²) in [7, 11) is 1.67. The summed E-state index contributed by atoms with van der Waals surface area (Å²) >= 11 is 1.65. The maximum absolute atomic E-state index is 8.90. The predicted octanol–water partition coefficient (Wildman–Crippen LogP) is 3.93. The van der Waals surface area contributed by atoms with E-state index in [1.165, 1.54) is 5.56 Å². The molecule has 0 aliphatic heterocycles. The van der Waals surface area contributed by atoms with Gasteiger partial charge >= 0.3 is 0 Å². The number of rotatable bonds is 5. The normalized spacial score (nSPS) is 10.6. The molecule has 0 amide bonds. The first-order valence-electron chi connectivity index (χ1n) is 6.62. The Hall–Kier alpha value is -1.86. The molecule has 1 aromatic carbocycles. The molecule has 0 unspecified atom stereocenters. The molecule has 0 aliphatic rings. The SMILES string of the molecule is COc1ccc(Cc2nc(C(C)C)c(CC#N)s2)cc1. The molecule has 1 heterocycles. The van der Waals surface area contributed by atoms with Crippen LogP contribution in [0.5, 0.6) is 5.75 Å². The van der Waals surface area contributed by atoms with Gasteiger partial charge in [0.25, 0.3) is 0 Å². The third kappa shape index (κ3) is 3.37. The van der Waals surface area contributed by atoms with Crippen molar-refractivity contribution < 1.29 is 4.74 Å². The van der Waals surface area contributed by atoms with E-state index in [1.807, 2.05) is 12.1 Å². The molecule has 104 valence electrons. The minimum atomic E-state index is 0.360. The molecule has 0 saturated carbocycles. The van der Waals surface area contributed by atoms with Gasteiger partial charge in [0.1, 0.15) is 5.75 Å². The Bertz CT molecular complexity index is 608. The van der Waals surface area contributed by atoms with Gasteiger partial charge in [-0.05, 0) is 23.6 Å². The topological polar surface area (TPSA) is 45.9 Å². The fourth-order valence-electron chi connectivity index (χ4n) is 2.06. The summed E-state index contributed by atoms with van der Waals surface area (Å²) in [4.78, 5) is 5.81. The summed E-state index contributed by atoms with van der Waals surface area (Å²) in [6.45, 7) is 4.24. The fourth-order valence-corrected chi connectivity index (χ4v) is 3.25. The van der Waals surface area contributed by atoms with Gasteiger partial charge in [0.15, 0.2) is 0 Å². The van der Waals surface area contributed by atoms with Gasteiger partial charge in [-0.3, -0.25) is 0 Å². The number of nitrogens with zero attached hydrogens (tertiary/aromatic N) is 2. The molecule has 4 heteroatoms. The van der Waals surface area contributed by atoms with Crippen LogP contribution in [0, 0.1) is 11.3 Å². The average molecular weight is 286 g/mol. The summed E-state index contributed by atoms with van der Waals surface area (Å²) in [5.74, 6) is 1.22. The number of nitriles is 1. The molecule has 3 nitrogen and oxygen atoms in total. The van der Waals surface area contributed by atoms with Crippen molar-refractivity contribution in [3.05, 3.63) is 45.4 Å². The molecule has 0 spiro atoms. The summed E-state index contributed by atoms with van der Waals surface area (Å²) in [5, 5.41) is 9.97. The first-order chi connectivity index (χ1) is 9.63. The highest BCUT2D eigenvalue weighted by atomic mass is 32.1. The molecule has 1 aromatic heterocycles. The van der Waals surface area contributed by atoms with E-state index in [0.29, 0.717) is 12.3 Å². The number of ether oxygens (including phenoxy) is 1. The minimum Gasteiger partial charge on any atom is -0.497 e. The Morgan fingerprint density at radius 3 is 2.55 bits per heavy atom. The number of benzene rings is 1. The van der Waals surface area contributed by atoms with E-state index in [2.05, 4.69) is 32.0 Å². The Morgan fingerprint density at radius 2 is 2.00 bits per heavy atom. The van der Waals surface area contributed by atoms with Gasteiger partial charge in [-0.25, -0.2) is 4.98 Å². The molecule has 2 rings (SSSR count). The Labute approximate surface area is 123 Å². The van der Waals surface area contributed by atoms with Gasteiger partial charge in [-0.15, -0.1) is 11.3 Å². The van der Waals surface area contributed by atoms with Gasteiger partial charge in [0, 0.05) is 11.3 Å².